The predicted octanol–water partition coefficient (Wildman–Crippen LogP) is 4.46. The fourth-order valence-corrected chi connectivity index (χ4v) is 6.58. The normalized spacial score (nSPS) is 15.4. The van der Waals surface area contributed by atoms with Crippen molar-refractivity contribution in [3.8, 4) is 11.4 Å². The molecule has 1 fully saturated rings. The number of para-hydroxylation sites is 1. The maximum absolute atomic E-state index is 13.4. The average molecular weight is 513 g/mol. The zero-order chi connectivity index (χ0) is 25.6. The third-order valence-electron chi connectivity index (χ3n) is 6.87. The van der Waals surface area contributed by atoms with Gasteiger partial charge < -0.3 is 4.90 Å². The van der Waals surface area contributed by atoms with Crippen molar-refractivity contribution in [1.29, 1.82) is 0 Å². The molecule has 0 amide bonds. The van der Waals surface area contributed by atoms with Gasteiger partial charge in [0.05, 0.1) is 10.4 Å². The van der Waals surface area contributed by atoms with Crippen LogP contribution in [0.3, 0.4) is 0 Å². The van der Waals surface area contributed by atoms with E-state index >= 15 is 0 Å². The maximum Gasteiger partial charge on any atom is 0.243 e. The van der Waals surface area contributed by atoms with Gasteiger partial charge in [0.15, 0.2) is 11.5 Å². The lowest BCUT2D eigenvalue weighted by Crippen LogP contribution is -2.36. The van der Waals surface area contributed by atoms with Gasteiger partial charge in [0.1, 0.15) is 0 Å². The second-order valence-corrected chi connectivity index (χ2v) is 11.5. The van der Waals surface area contributed by atoms with Crippen molar-refractivity contribution in [2.45, 2.75) is 25.2 Å². The van der Waals surface area contributed by atoms with Gasteiger partial charge in [-0.1, -0.05) is 48.0 Å². The Morgan fingerprint density at radius 1 is 0.784 bits per heavy atom. The van der Waals surface area contributed by atoms with Crippen LogP contribution >= 0.6 is 0 Å². The van der Waals surface area contributed by atoms with E-state index < -0.39 is 10.0 Å². The minimum absolute atomic E-state index is 0.340. The topological polar surface area (TPSA) is 83.7 Å². The van der Waals surface area contributed by atoms with Crippen molar-refractivity contribution in [2.24, 2.45) is 0 Å². The second-order valence-electron chi connectivity index (χ2n) is 9.54. The van der Waals surface area contributed by atoms with Crippen LogP contribution in [0.25, 0.3) is 27.9 Å². The number of aryl methyl sites for hydroxylation is 2. The first-order chi connectivity index (χ1) is 17.9. The third kappa shape index (κ3) is 4.24. The molecule has 1 aliphatic rings. The van der Waals surface area contributed by atoms with Gasteiger partial charge in [-0.15, -0.1) is 10.2 Å². The van der Waals surface area contributed by atoms with E-state index in [1.165, 1.54) is 0 Å². The molecule has 9 heteroatoms. The number of nitrogens with zero attached hydrogens (tertiary/aromatic N) is 6. The highest BCUT2D eigenvalue weighted by Gasteiger charge is 2.29. The van der Waals surface area contributed by atoms with Crippen LogP contribution in [0.4, 0.5) is 5.95 Å². The molecule has 0 spiro atoms. The van der Waals surface area contributed by atoms with Gasteiger partial charge >= 0.3 is 0 Å². The first-order valence-corrected chi connectivity index (χ1v) is 13.9. The van der Waals surface area contributed by atoms with Crippen LogP contribution < -0.4 is 4.90 Å². The lowest BCUT2D eigenvalue weighted by atomic mass is 10.1. The van der Waals surface area contributed by atoms with E-state index in [0.717, 1.165) is 45.0 Å². The van der Waals surface area contributed by atoms with Crippen LogP contribution in [0, 0.1) is 13.8 Å². The number of fused-ring (bicyclic) bond motifs is 3. The molecule has 6 rings (SSSR count). The molecule has 37 heavy (non-hydrogen) atoms. The smallest absolute Gasteiger partial charge is 0.243 e. The quantitative estimate of drug-likeness (QED) is 0.354. The SMILES string of the molecule is Cc1cccc(-c2nnc3c4ccccc4nc(N4CCCN(S(=O)(=O)c5cccc(C)c5)CC4)n23)c1. The van der Waals surface area contributed by atoms with Crippen molar-refractivity contribution in [3.63, 3.8) is 0 Å². The lowest BCUT2D eigenvalue weighted by molar-refractivity contribution is 0.433. The fourth-order valence-electron chi connectivity index (χ4n) is 5.01. The molecule has 0 unspecified atom stereocenters. The molecule has 2 aromatic heterocycles. The number of hydrogen-bond donors (Lipinski definition) is 0. The van der Waals surface area contributed by atoms with Crippen LogP contribution in [0.15, 0.2) is 77.7 Å². The highest BCUT2D eigenvalue weighted by atomic mass is 32.2. The number of sulfonamides is 1. The molecule has 3 aromatic carbocycles. The van der Waals surface area contributed by atoms with Crippen LogP contribution in [-0.2, 0) is 10.0 Å². The number of aromatic nitrogens is 4. The van der Waals surface area contributed by atoms with E-state index in [0.29, 0.717) is 37.5 Å². The van der Waals surface area contributed by atoms with Crippen LogP contribution in [0.5, 0.6) is 0 Å². The summed E-state index contributed by atoms with van der Waals surface area (Å²) in [4.78, 5) is 7.55. The van der Waals surface area contributed by atoms with Gasteiger partial charge in [0, 0.05) is 37.1 Å². The number of rotatable bonds is 4. The summed E-state index contributed by atoms with van der Waals surface area (Å²) in [5.74, 6) is 1.45. The van der Waals surface area contributed by atoms with E-state index in [2.05, 4.69) is 34.2 Å². The van der Waals surface area contributed by atoms with Gasteiger partial charge in [0.2, 0.25) is 16.0 Å². The Hall–Kier alpha value is -3.82. The molecule has 8 nitrogen and oxygen atoms in total. The molecule has 3 heterocycles. The minimum Gasteiger partial charge on any atom is -0.340 e. The highest BCUT2D eigenvalue weighted by molar-refractivity contribution is 7.89. The zero-order valence-electron chi connectivity index (χ0n) is 20.9. The summed E-state index contributed by atoms with van der Waals surface area (Å²) < 4.78 is 30.4. The Balaban J connectivity index is 1.42. The van der Waals surface area contributed by atoms with Crippen molar-refractivity contribution in [3.05, 3.63) is 83.9 Å². The Morgan fingerprint density at radius 3 is 2.38 bits per heavy atom. The molecule has 1 saturated heterocycles. The lowest BCUT2D eigenvalue weighted by Gasteiger charge is -2.24. The van der Waals surface area contributed by atoms with E-state index in [9.17, 15) is 8.42 Å². The van der Waals surface area contributed by atoms with Gasteiger partial charge in [0.25, 0.3) is 0 Å². The summed E-state index contributed by atoms with van der Waals surface area (Å²) in [6.07, 6.45) is 0.683. The molecule has 1 aliphatic heterocycles. The first-order valence-electron chi connectivity index (χ1n) is 12.4. The molecule has 0 N–H and O–H groups in total. The van der Waals surface area contributed by atoms with E-state index in [1.54, 1.807) is 22.5 Å². The number of benzene rings is 3. The Morgan fingerprint density at radius 2 is 1.57 bits per heavy atom. The Labute approximate surface area is 216 Å². The first kappa shape index (κ1) is 23.6. The highest BCUT2D eigenvalue weighted by Crippen LogP contribution is 2.30. The average Bonchev–Trinajstić information content (AvgIpc) is 3.19. The summed E-state index contributed by atoms with van der Waals surface area (Å²) >= 11 is 0. The molecule has 0 radical (unpaired) electrons. The largest absolute Gasteiger partial charge is 0.340 e. The summed E-state index contributed by atoms with van der Waals surface area (Å²) in [5.41, 5.74) is 4.60. The van der Waals surface area contributed by atoms with E-state index in [4.69, 9.17) is 4.98 Å². The van der Waals surface area contributed by atoms with Crippen molar-refractivity contribution < 1.29 is 8.42 Å². The van der Waals surface area contributed by atoms with Crippen LogP contribution in [0.1, 0.15) is 17.5 Å². The fraction of sp³-hybridized carbons (Fsp3) is 0.250. The number of hydrogen-bond acceptors (Lipinski definition) is 6. The van der Waals surface area contributed by atoms with Crippen molar-refractivity contribution in [2.75, 3.05) is 31.1 Å². The molecular formula is C28H28N6O2S. The summed E-state index contributed by atoms with van der Waals surface area (Å²) in [6.45, 7) is 5.97. The van der Waals surface area contributed by atoms with Crippen LogP contribution in [0.2, 0.25) is 0 Å². The summed E-state index contributed by atoms with van der Waals surface area (Å²) in [5, 5.41) is 10.1. The molecular weight excluding hydrogens is 484 g/mol. The third-order valence-corrected chi connectivity index (χ3v) is 8.76. The molecule has 0 bridgehead atoms. The Bertz CT molecular complexity index is 1730. The van der Waals surface area contributed by atoms with Gasteiger partial charge in [-0.3, -0.25) is 0 Å². The van der Waals surface area contributed by atoms with Crippen LogP contribution in [-0.4, -0.2) is 58.5 Å². The molecule has 0 atom stereocenters. The van der Waals surface area contributed by atoms with E-state index in [-0.39, 0.29) is 0 Å². The van der Waals surface area contributed by atoms with E-state index in [1.807, 2.05) is 53.8 Å². The molecule has 0 aliphatic carbocycles. The standard InChI is InChI=1S/C28H28N6O2S/c1-20-8-5-10-22(18-20)26-30-31-27-24-12-3-4-13-25(24)29-28(34(26)27)32-14-7-15-33(17-16-32)37(35,36)23-11-6-9-21(2)19-23/h3-6,8-13,18-19H,7,14-17H2,1-2H3. The van der Waals surface area contributed by atoms with Crippen molar-refractivity contribution in [1.82, 2.24) is 23.9 Å². The summed E-state index contributed by atoms with van der Waals surface area (Å²) in [7, 11) is -3.58. The number of anilines is 1. The molecule has 5 aromatic rings. The van der Waals surface area contributed by atoms with Gasteiger partial charge in [-0.05, 0) is 56.2 Å². The van der Waals surface area contributed by atoms with Gasteiger partial charge in [-0.25, -0.2) is 17.8 Å². The summed E-state index contributed by atoms with van der Waals surface area (Å²) in [6, 6.07) is 23.2. The second kappa shape index (κ2) is 9.24. The zero-order valence-corrected chi connectivity index (χ0v) is 21.7. The molecule has 188 valence electrons. The predicted molar refractivity (Wildman–Crippen MR) is 145 cm³/mol. The van der Waals surface area contributed by atoms with Crippen molar-refractivity contribution >= 4 is 32.5 Å². The Kier molecular flexibility index (Phi) is 5.89. The van der Waals surface area contributed by atoms with Gasteiger partial charge in [-0.2, -0.15) is 4.31 Å². The minimum atomic E-state index is -3.58. The monoisotopic (exact) mass is 512 g/mol. The molecule has 0 saturated carbocycles. The maximum atomic E-state index is 13.4.